The van der Waals surface area contributed by atoms with Gasteiger partial charge in [0.1, 0.15) is 0 Å². The SMILES string of the molecule is Cc1c(C#N)ccc(S(=O)(=O)O)c1C. The number of hydrogen-bond donors (Lipinski definition) is 1. The predicted octanol–water partition coefficient (Wildman–Crippen LogP) is 1.42. The summed E-state index contributed by atoms with van der Waals surface area (Å²) in [5, 5.41) is 8.67. The van der Waals surface area contributed by atoms with E-state index in [1.807, 2.05) is 6.07 Å². The molecule has 0 atom stereocenters. The molecule has 5 heteroatoms. The van der Waals surface area contributed by atoms with Gasteiger partial charge in [-0.1, -0.05) is 0 Å². The lowest BCUT2D eigenvalue weighted by atomic mass is 10.0. The standard InChI is InChI=1S/C9H9NO3S/c1-6-7(2)9(14(11,12)13)4-3-8(6)5-10/h3-4H,1-2H3,(H,11,12,13). The summed E-state index contributed by atoms with van der Waals surface area (Å²) in [4.78, 5) is -0.144. The Bertz CT molecular complexity index is 512. The van der Waals surface area contributed by atoms with Gasteiger partial charge in [0.2, 0.25) is 0 Å². The van der Waals surface area contributed by atoms with Gasteiger partial charge in [-0.2, -0.15) is 13.7 Å². The molecule has 0 saturated heterocycles. The molecule has 0 aromatic heterocycles. The lowest BCUT2D eigenvalue weighted by molar-refractivity contribution is 0.482. The summed E-state index contributed by atoms with van der Waals surface area (Å²) in [5.74, 6) is 0. The van der Waals surface area contributed by atoms with E-state index in [0.717, 1.165) is 0 Å². The molecule has 0 aliphatic heterocycles. The number of rotatable bonds is 1. The van der Waals surface area contributed by atoms with Gasteiger partial charge in [-0.25, -0.2) is 0 Å². The summed E-state index contributed by atoms with van der Waals surface area (Å²) < 4.78 is 30.6. The second kappa shape index (κ2) is 3.40. The van der Waals surface area contributed by atoms with Crippen LogP contribution in [0.4, 0.5) is 0 Å². The first kappa shape index (κ1) is 10.7. The van der Waals surface area contributed by atoms with Crippen LogP contribution in [0.1, 0.15) is 16.7 Å². The zero-order chi connectivity index (χ0) is 10.9. The van der Waals surface area contributed by atoms with Crippen molar-refractivity contribution >= 4 is 10.1 Å². The van der Waals surface area contributed by atoms with E-state index < -0.39 is 10.1 Å². The predicted molar refractivity (Wildman–Crippen MR) is 50.4 cm³/mol. The fourth-order valence-electron chi connectivity index (χ4n) is 1.20. The molecule has 74 valence electrons. The molecule has 1 aromatic rings. The van der Waals surface area contributed by atoms with E-state index in [1.54, 1.807) is 13.8 Å². The third kappa shape index (κ3) is 1.76. The van der Waals surface area contributed by atoms with Crippen LogP contribution in [-0.4, -0.2) is 13.0 Å². The van der Waals surface area contributed by atoms with E-state index in [-0.39, 0.29) is 4.90 Å². The number of nitriles is 1. The molecule has 0 amide bonds. The minimum Gasteiger partial charge on any atom is -0.282 e. The minimum absolute atomic E-state index is 0.144. The van der Waals surface area contributed by atoms with Crippen molar-refractivity contribution in [3.63, 3.8) is 0 Å². The van der Waals surface area contributed by atoms with E-state index in [1.165, 1.54) is 12.1 Å². The van der Waals surface area contributed by atoms with Crippen LogP contribution in [0.3, 0.4) is 0 Å². The van der Waals surface area contributed by atoms with Crippen molar-refractivity contribution in [1.29, 1.82) is 5.26 Å². The van der Waals surface area contributed by atoms with Crippen LogP contribution in [-0.2, 0) is 10.1 Å². The molecule has 4 nitrogen and oxygen atoms in total. The summed E-state index contributed by atoms with van der Waals surface area (Å²) in [5.41, 5.74) is 1.39. The van der Waals surface area contributed by atoms with Crippen LogP contribution in [0.5, 0.6) is 0 Å². The van der Waals surface area contributed by atoms with E-state index in [2.05, 4.69) is 0 Å². The Morgan fingerprint density at radius 1 is 1.29 bits per heavy atom. The Kier molecular flexibility index (Phi) is 2.60. The maximum Gasteiger partial charge on any atom is 0.294 e. The van der Waals surface area contributed by atoms with Crippen LogP contribution in [0.15, 0.2) is 17.0 Å². The first-order valence-corrected chi connectivity index (χ1v) is 5.29. The molecule has 1 aromatic carbocycles. The molecule has 0 aliphatic carbocycles. The highest BCUT2D eigenvalue weighted by molar-refractivity contribution is 7.85. The van der Waals surface area contributed by atoms with E-state index in [9.17, 15) is 8.42 Å². The average Bonchev–Trinajstić information content (AvgIpc) is 2.07. The van der Waals surface area contributed by atoms with Crippen LogP contribution in [0.25, 0.3) is 0 Å². The molecule has 0 unspecified atom stereocenters. The van der Waals surface area contributed by atoms with Gasteiger partial charge in [0.15, 0.2) is 0 Å². The van der Waals surface area contributed by atoms with Crippen molar-refractivity contribution in [1.82, 2.24) is 0 Å². The topological polar surface area (TPSA) is 78.2 Å². The lowest BCUT2D eigenvalue weighted by Gasteiger charge is -2.06. The van der Waals surface area contributed by atoms with Gasteiger partial charge in [-0.15, -0.1) is 0 Å². The highest BCUT2D eigenvalue weighted by Gasteiger charge is 2.15. The van der Waals surface area contributed by atoms with Crippen molar-refractivity contribution in [3.05, 3.63) is 28.8 Å². The molecular formula is C9H9NO3S. The molecular weight excluding hydrogens is 202 g/mol. The third-order valence-corrected chi connectivity index (χ3v) is 3.13. The Morgan fingerprint density at radius 2 is 1.86 bits per heavy atom. The normalized spacial score (nSPS) is 11.0. The Hall–Kier alpha value is -1.38. The van der Waals surface area contributed by atoms with Crippen LogP contribution in [0, 0.1) is 25.2 Å². The largest absolute Gasteiger partial charge is 0.294 e. The molecule has 0 spiro atoms. The van der Waals surface area contributed by atoms with Gasteiger partial charge in [0, 0.05) is 0 Å². The Labute approximate surface area is 82.5 Å². The van der Waals surface area contributed by atoms with Crippen LogP contribution in [0.2, 0.25) is 0 Å². The summed E-state index contributed by atoms with van der Waals surface area (Å²) in [6.45, 7) is 3.20. The summed E-state index contributed by atoms with van der Waals surface area (Å²) in [7, 11) is -4.19. The molecule has 1 rings (SSSR count). The smallest absolute Gasteiger partial charge is 0.282 e. The molecule has 0 aliphatic rings. The lowest BCUT2D eigenvalue weighted by Crippen LogP contribution is -2.03. The Morgan fingerprint density at radius 3 is 2.29 bits per heavy atom. The monoisotopic (exact) mass is 211 g/mol. The van der Waals surface area contributed by atoms with Gasteiger partial charge in [-0.05, 0) is 37.1 Å². The number of benzene rings is 1. The molecule has 0 saturated carbocycles. The first-order chi connectivity index (χ1) is 6.38. The number of hydrogen-bond acceptors (Lipinski definition) is 3. The third-order valence-electron chi connectivity index (χ3n) is 2.14. The molecule has 0 fully saturated rings. The summed E-state index contributed by atoms with van der Waals surface area (Å²) in [6, 6.07) is 4.55. The maximum atomic E-state index is 10.9. The fraction of sp³-hybridized carbons (Fsp3) is 0.222. The van der Waals surface area contributed by atoms with Gasteiger partial charge in [0.25, 0.3) is 10.1 Å². The van der Waals surface area contributed by atoms with Crippen molar-refractivity contribution in [3.8, 4) is 6.07 Å². The molecule has 1 N–H and O–H groups in total. The first-order valence-electron chi connectivity index (χ1n) is 3.85. The second-order valence-corrected chi connectivity index (χ2v) is 4.34. The molecule has 14 heavy (non-hydrogen) atoms. The van der Waals surface area contributed by atoms with Crippen LogP contribution >= 0.6 is 0 Å². The highest BCUT2D eigenvalue weighted by Crippen LogP contribution is 2.20. The summed E-state index contributed by atoms with van der Waals surface area (Å²) in [6.07, 6.45) is 0. The van der Waals surface area contributed by atoms with Crippen molar-refractivity contribution < 1.29 is 13.0 Å². The van der Waals surface area contributed by atoms with Crippen molar-refractivity contribution in [2.45, 2.75) is 18.7 Å². The van der Waals surface area contributed by atoms with Crippen molar-refractivity contribution in [2.75, 3.05) is 0 Å². The van der Waals surface area contributed by atoms with E-state index in [4.69, 9.17) is 9.81 Å². The maximum absolute atomic E-state index is 10.9. The second-order valence-electron chi connectivity index (χ2n) is 2.95. The number of nitrogens with zero attached hydrogens (tertiary/aromatic N) is 1. The fourth-order valence-corrected chi connectivity index (χ4v) is 1.98. The molecule has 0 heterocycles. The summed E-state index contributed by atoms with van der Waals surface area (Å²) >= 11 is 0. The van der Waals surface area contributed by atoms with Crippen molar-refractivity contribution in [2.24, 2.45) is 0 Å². The highest BCUT2D eigenvalue weighted by atomic mass is 32.2. The van der Waals surface area contributed by atoms with Gasteiger partial charge in [-0.3, -0.25) is 4.55 Å². The van der Waals surface area contributed by atoms with Gasteiger partial charge >= 0.3 is 0 Å². The van der Waals surface area contributed by atoms with Gasteiger partial charge < -0.3 is 0 Å². The van der Waals surface area contributed by atoms with Crippen LogP contribution < -0.4 is 0 Å². The average molecular weight is 211 g/mol. The molecule has 0 radical (unpaired) electrons. The van der Waals surface area contributed by atoms with Gasteiger partial charge in [0.05, 0.1) is 16.5 Å². The zero-order valence-electron chi connectivity index (χ0n) is 7.77. The Balaban J connectivity index is 3.57. The molecule has 0 bridgehead atoms. The quantitative estimate of drug-likeness (QED) is 0.712. The zero-order valence-corrected chi connectivity index (χ0v) is 8.59. The minimum atomic E-state index is -4.19. The van der Waals surface area contributed by atoms with E-state index in [0.29, 0.717) is 16.7 Å². The van der Waals surface area contributed by atoms with E-state index >= 15 is 0 Å².